The smallest absolute Gasteiger partial charge is 0.0151 e. The molecule has 3 heterocycles. The van der Waals surface area contributed by atoms with Crippen LogP contribution in [0.15, 0.2) is 0 Å². The SMILES string of the molecule is CC1CC2CC(N3CC(C)C3)C(CN2)C1. The van der Waals surface area contributed by atoms with Gasteiger partial charge in [-0.25, -0.2) is 0 Å². The predicted molar refractivity (Wildman–Crippen MR) is 62.8 cm³/mol. The molecule has 4 aliphatic rings. The zero-order valence-corrected chi connectivity index (χ0v) is 10.1. The third-order valence-electron chi connectivity index (χ3n) is 4.69. The van der Waals surface area contributed by atoms with Crippen molar-refractivity contribution in [1.29, 1.82) is 0 Å². The zero-order chi connectivity index (χ0) is 10.4. The van der Waals surface area contributed by atoms with Gasteiger partial charge in [-0.2, -0.15) is 0 Å². The zero-order valence-electron chi connectivity index (χ0n) is 10.1. The highest BCUT2D eigenvalue weighted by Gasteiger charge is 2.41. The maximum atomic E-state index is 3.73. The molecule has 2 heteroatoms. The van der Waals surface area contributed by atoms with E-state index in [-0.39, 0.29) is 0 Å². The third kappa shape index (κ3) is 1.83. The predicted octanol–water partition coefficient (Wildman–Crippen LogP) is 1.71. The van der Waals surface area contributed by atoms with Gasteiger partial charge in [-0.15, -0.1) is 0 Å². The van der Waals surface area contributed by atoms with Crippen LogP contribution in [0.25, 0.3) is 0 Å². The summed E-state index contributed by atoms with van der Waals surface area (Å²) in [4.78, 5) is 2.75. The van der Waals surface area contributed by atoms with Crippen molar-refractivity contribution in [3.8, 4) is 0 Å². The summed E-state index contributed by atoms with van der Waals surface area (Å²) < 4.78 is 0. The average Bonchev–Trinajstić information content (AvgIpc) is 2.41. The van der Waals surface area contributed by atoms with E-state index in [0.717, 1.165) is 29.8 Å². The van der Waals surface area contributed by atoms with Gasteiger partial charge in [0.05, 0.1) is 0 Å². The van der Waals surface area contributed by atoms with Crippen molar-refractivity contribution in [2.24, 2.45) is 17.8 Å². The van der Waals surface area contributed by atoms with E-state index in [1.54, 1.807) is 0 Å². The fourth-order valence-electron chi connectivity index (χ4n) is 4.01. The first-order valence-corrected chi connectivity index (χ1v) is 6.70. The number of hydrogen-bond donors (Lipinski definition) is 1. The molecule has 4 unspecified atom stereocenters. The summed E-state index contributed by atoms with van der Waals surface area (Å²) in [6, 6.07) is 1.73. The Hall–Kier alpha value is -0.0800. The van der Waals surface area contributed by atoms with Gasteiger partial charge in [-0.3, -0.25) is 4.90 Å². The Kier molecular flexibility index (Phi) is 2.52. The maximum Gasteiger partial charge on any atom is 0.0151 e. The van der Waals surface area contributed by atoms with E-state index < -0.39 is 0 Å². The van der Waals surface area contributed by atoms with Crippen LogP contribution in [0.4, 0.5) is 0 Å². The molecule has 0 spiro atoms. The molecular weight excluding hydrogens is 184 g/mol. The van der Waals surface area contributed by atoms with Gasteiger partial charge in [0.2, 0.25) is 0 Å². The molecule has 1 N–H and O–H groups in total. The molecule has 2 bridgehead atoms. The number of fused-ring (bicyclic) bond motifs is 4. The molecule has 4 atom stereocenters. The fraction of sp³-hybridized carbons (Fsp3) is 1.00. The second kappa shape index (κ2) is 3.74. The van der Waals surface area contributed by atoms with Crippen LogP contribution in [-0.2, 0) is 0 Å². The quantitative estimate of drug-likeness (QED) is 0.706. The number of likely N-dealkylation sites (tertiary alicyclic amines) is 1. The standard InChI is InChI=1S/C13H24N2/c1-9-3-11-6-14-12(4-9)5-13(11)15-7-10(2)8-15/h9-14H,3-8H2,1-2H3. The minimum atomic E-state index is 0.819. The molecule has 3 aliphatic heterocycles. The van der Waals surface area contributed by atoms with E-state index in [0.29, 0.717) is 0 Å². The molecule has 0 aromatic heterocycles. The van der Waals surface area contributed by atoms with E-state index in [4.69, 9.17) is 0 Å². The molecule has 0 radical (unpaired) electrons. The molecule has 3 saturated heterocycles. The van der Waals surface area contributed by atoms with Crippen LogP contribution in [0, 0.1) is 17.8 Å². The van der Waals surface area contributed by atoms with Gasteiger partial charge in [-0.05, 0) is 43.6 Å². The van der Waals surface area contributed by atoms with Crippen molar-refractivity contribution < 1.29 is 0 Å². The van der Waals surface area contributed by atoms with Crippen molar-refractivity contribution in [1.82, 2.24) is 10.2 Å². The Balaban J connectivity index is 1.69. The number of piperidine rings is 1. The molecule has 0 aromatic carbocycles. The summed E-state index contributed by atoms with van der Waals surface area (Å²) in [5, 5.41) is 3.73. The topological polar surface area (TPSA) is 15.3 Å². The van der Waals surface area contributed by atoms with Gasteiger partial charge in [0.1, 0.15) is 0 Å². The Bertz CT molecular complexity index is 235. The Morgan fingerprint density at radius 2 is 1.80 bits per heavy atom. The normalized spacial score (nSPS) is 47.6. The van der Waals surface area contributed by atoms with Gasteiger partial charge in [0.15, 0.2) is 0 Å². The van der Waals surface area contributed by atoms with Gasteiger partial charge in [0, 0.05) is 25.2 Å². The summed E-state index contributed by atoms with van der Waals surface area (Å²) in [5.74, 6) is 2.84. The van der Waals surface area contributed by atoms with Crippen LogP contribution >= 0.6 is 0 Å². The monoisotopic (exact) mass is 208 g/mol. The summed E-state index contributed by atoms with van der Waals surface area (Å²) >= 11 is 0. The lowest BCUT2D eigenvalue weighted by Crippen LogP contribution is -2.58. The molecule has 0 amide bonds. The van der Waals surface area contributed by atoms with Gasteiger partial charge in [-0.1, -0.05) is 13.8 Å². The molecule has 1 saturated carbocycles. The van der Waals surface area contributed by atoms with Crippen molar-refractivity contribution in [3.63, 3.8) is 0 Å². The van der Waals surface area contributed by atoms with Crippen molar-refractivity contribution in [2.75, 3.05) is 19.6 Å². The minimum absolute atomic E-state index is 0.819. The molecule has 4 rings (SSSR count). The lowest BCUT2D eigenvalue weighted by Gasteiger charge is -2.48. The first-order chi connectivity index (χ1) is 7.22. The number of nitrogens with one attached hydrogen (secondary N) is 1. The molecular formula is C13H24N2. The van der Waals surface area contributed by atoms with Gasteiger partial charge < -0.3 is 5.32 Å². The summed E-state index contributed by atoms with van der Waals surface area (Å²) in [7, 11) is 0. The molecule has 1 aliphatic carbocycles. The molecule has 0 aromatic rings. The second-order valence-corrected chi connectivity index (χ2v) is 6.30. The van der Waals surface area contributed by atoms with Crippen molar-refractivity contribution in [2.45, 2.75) is 45.2 Å². The largest absolute Gasteiger partial charge is 0.314 e. The van der Waals surface area contributed by atoms with E-state index >= 15 is 0 Å². The highest BCUT2D eigenvalue weighted by atomic mass is 15.2. The second-order valence-electron chi connectivity index (χ2n) is 6.30. The summed E-state index contributed by atoms with van der Waals surface area (Å²) in [5.41, 5.74) is 0. The van der Waals surface area contributed by atoms with Crippen LogP contribution in [0.1, 0.15) is 33.1 Å². The summed E-state index contributed by atoms with van der Waals surface area (Å²) in [6.07, 6.45) is 4.29. The third-order valence-corrected chi connectivity index (χ3v) is 4.69. The Morgan fingerprint density at radius 1 is 1.00 bits per heavy atom. The summed E-state index contributed by atoms with van der Waals surface area (Å²) in [6.45, 7) is 8.83. The number of rotatable bonds is 1. The van der Waals surface area contributed by atoms with Crippen molar-refractivity contribution in [3.05, 3.63) is 0 Å². The van der Waals surface area contributed by atoms with Gasteiger partial charge in [0.25, 0.3) is 0 Å². The molecule has 2 nitrogen and oxygen atoms in total. The molecule has 86 valence electrons. The highest BCUT2D eigenvalue weighted by Crippen LogP contribution is 2.36. The fourth-order valence-corrected chi connectivity index (χ4v) is 4.01. The Labute approximate surface area is 93.4 Å². The highest BCUT2D eigenvalue weighted by molar-refractivity contribution is 4.97. The minimum Gasteiger partial charge on any atom is -0.314 e. The average molecular weight is 208 g/mol. The van der Waals surface area contributed by atoms with E-state index in [9.17, 15) is 0 Å². The lowest BCUT2D eigenvalue weighted by atomic mass is 9.85. The number of nitrogens with zero attached hydrogens (tertiary/aromatic N) is 1. The first-order valence-electron chi connectivity index (χ1n) is 6.70. The maximum absolute atomic E-state index is 3.73. The van der Waals surface area contributed by atoms with Crippen LogP contribution in [0.2, 0.25) is 0 Å². The lowest BCUT2D eigenvalue weighted by molar-refractivity contribution is 0.0134. The molecule has 15 heavy (non-hydrogen) atoms. The van der Waals surface area contributed by atoms with Crippen LogP contribution in [0.5, 0.6) is 0 Å². The van der Waals surface area contributed by atoms with Crippen LogP contribution in [0.3, 0.4) is 0 Å². The van der Waals surface area contributed by atoms with Crippen LogP contribution < -0.4 is 5.32 Å². The van der Waals surface area contributed by atoms with Crippen LogP contribution in [-0.4, -0.2) is 36.6 Å². The Morgan fingerprint density at radius 3 is 2.53 bits per heavy atom. The van der Waals surface area contributed by atoms with Gasteiger partial charge >= 0.3 is 0 Å². The first kappa shape index (κ1) is 10.1. The number of hydrogen-bond acceptors (Lipinski definition) is 2. The van der Waals surface area contributed by atoms with Crippen molar-refractivity contribution >= 4 is 0 Å². The van der Waals surface area contributed by atoms with E-state index in [2.05, 4.69) is 24.1 Å². The molecule has 4 fully saturated rings. The van der Waals surface area contributed by atoms with E-state index in [1.165, 1.54) is 38.9 Å². The van der Waals surface area contributed by atoms with E-state index in [1.807, 2.05) is 0 Å².